The fourth-order valence-electron chi connectivity index (χ4n) is 0.774. The van der Waals surface area contributed by atoms with Crippen LogP contribution >= 0.6 is 0 Å². The van der Waals surface area contributed by atoms with Crippen LogP contribution in [0.1, 0.15) is 32.6 Å². The highest BCUT2D eigenvalue weighted by Gasteiger charge is 2.27. The molecule has 5 N–H and O–H groups in total. The number of hydrogen-bond donors (Lipinski definition) is 3. The van der Waals surface area contributed by atoms with E-state index in [1.165, 1.54) is 0 Å². The van der Waals surface area contributed by atoms with Gasteiger partial charge in [-0.3, -0.25) is 0 Å². The second kappa shape index (κ2) is 4.31. The van der Waals surface area contributed by atoms with E-state index in [2.05, 4.69) is 0 Å². The SMILES string of the molecule is CCCCCC(N)(N)C(=O)O. The minimum absolute atomic E-state index is 0.343. The van der Waals surface area contributed by atoms with Gasteiger partial charge in [-0.15, -0.1) is 0 Å². The topological polar surface area (TPSA) is 89.3 Å². The van der Waals surface area contributed by atoms with Crippen LogP contribution in [0.5, 0.6) is 0 Å². The zero-order valence-corrected chi connectivity index (χ0v) is 6.84. The summed E-state index contributed by atoms with van der Waals surface area (Å²) in [5.41, 5.74) is 9.02. The van der Waals surface area contributed by atoms with Gasteiger partial charge in [0.1, 0.15) is 0 Å². The van der Waals surface area contributed by atoms with E-state index in [1.807, 2.05) is 6.92 Å². The zero-order valence-electron chi connectivity index (χ0n) is 6.84. The molecule has 0 amide bonds. The van der Waals surface area contributed by atoms with Gasteiger partial charge in [0.05, 0.1) is 0 Å². The monoisotopic (exact) mass is 160 g/mol. The Hall–Kier alpha value is -0.610. The first-order valence-electron chi connectivity index (χ1n) is 3.82. The molecule has 0 aromatic rings. The molecule has 4 heteroatoms. The lowest BCUT2D eigenvalue weighted by atomic mass is 10.0. The van der Waals surface area contributed by atoms with Gasteiger partial charge < -0.3 is 16.6 Å². The van der Waals surface area contributed by atoms with Crippen LogP contribution in [0.25, 0.3) is 0 Å². The normalized spacial score (nSPS) is 11.5. The maximum Gasteiger partial charge on any atom is 0.338 e. The van der Waals surface area contributed by atoms with E-state index in [1.54, 1.807) is 0 Å². The molecular weight excluding hydrogens is 144 g/mol. The molecule has 0 heterocycles. The summed E-state index contributed by atoms with van der Waals surface area (Å²) in [4.78, 5) is 10.4. The van der Waals surface area contributed by atoms with Crippen molar-refractivity contribution in [1.82, 2.24) is 0 Å². The number of carboxylic acid groups (broad SMARTS) is 1. The lowest BCUT2D eigenvalue weighted by molar-refractivity contribution is -0.143. The van der Waals surface area contributed by atoms with Gasteiger partial charge in [-0.2, -0.15) is 0 Å². The molecule has 0 saturated carbocycles. The number of nitrogens with two attached hydrogens (primary N) is 2. The van der Waals surface area contributed by atoms with Crippen LogP contribution in [0, 0.1) is 0 Å². The van der Waals surface area contributed by atoms with Crippen LogP contribution in [-0.2, 0) is 4.79 Å². The first-order chi connectivity index (χ1) is 5.00. The van der Waals surface area contributed by atoms with Crippen molar-refractivity contribution in [3.8, 4) is 0 Å². The van der Waals surface area contributed by atoms with Gasteiger partial charge in [-0.1, -0.05) is 19.8 Å². The van der Waals surface area contributed by atoms with E-state index in [0.29, 0.717) is 6.42 Å². The number of hydrogen-bond acceptors (Lipinski definition) is 3. The van der Waals surface area contributed by atoms with Crippen LogP contribution in [-0.4, -0.2) is 16.7 Å². The molecule has 0 aromatic heterocycles. The molecule has 0 radical (unpaired) electrons. The Morgan fingerprint density at radius 2 is 2.00 bits per heavy atom. The molecule has 66 valence electrons. The van der Waals surface area contributed by atoms with Crippen molar-refractivity contribution in [2.24, 2.45) is 11.5 Å². The van der Waals surface area contributed by atoms with E-state index < -0.39 is 11.6 Å². The average Bonchev–Trinajstić information content (AvgIpc) is 1.88. The van der Waals surface area contributed by atoms with Crippen LogP contribution in [0.2, 0.25) is 0 Å². The third-order valence-corrected chi connectivity index (χ3v) is 1.59. The molecular formula is C7H16N2O2. The molecule has 0 rings (SSSR count). The number of unbranched alkanes of at least 4 members (excludes halogenated alkanes) is 2. The fourth-order valence-corrected chi connectivity index (χ4v) is 0.774. The molecule has 11 heavy (non-hydrogen) atoms. The zero-order chi connectivity index (χ0) is 8.91. The van der Waals surface area contributed by atoms with Gasteiger partial charge in [-0.25, -0.2) is 4.79 Å². The summed E-state index contributed by atoms with van der Waals surface area (Å²) in [6.07, 6.45) is 3.13. The molecule has 0 bridgehead atoms. The summed E-state index contributed by atoms with van der Waals surface area (Å²) in [6.45, 7) is 2.04. The molecule has 0 saturated heterocycles. The Morgan fingerprint density at radius 3 is 2.36 bits per heavy atom. The smallest absolute Gasteiger partial charge is 0.338 e. The highest BCUT2D eigenvalue weighted by molar-refractivity contribution is 5.77. The van der Waals surface area contributed by atoms with E-state index >= 15 is 0 Å². The van der Waals surface area contributed by atoms with Crippen molar-refractivity contribution in [1.29, 1.82) is 0 Å². The Labute approximate surface area is 66.6 Å². The van der Waals surface area contributed by atoms with E-state index in [4.69, 9.17) is 16.6 Å². The van der Waals surface area contributed by atoms with Gasteiger partial charge in [-0.05, 0) is 12.8 Å². The lowest BCUT2D eigenvalue weighted by Gasteiger charge is -2.18. The Kier molecular flexibility index (Phi) is 4.07. The largest absolute Gasteiger partial charge is 0.479 e. The van der Waals surface area contributed by atoms with Gasteiger partial charge in [0.15, 0.2) is 5.66 Å². The first kappa shape index (κ1) is 10.4. The number of carboxylic acids is 1. The summed E-state index contributed by atoms with van der Waals surface area (Å²) < 4.78 is 0. The highest BCUT2D eigenvalue weighted by atomic mass is 16.4. The first-order valence-corrected chi connectivity index (χ1v) is 3.82. The fraction of sp³-hybridized carbons (Fsp3) is 0.857. The van der Waals surface area contributed by atoms with Gasteiger partial charge in [0, 0.05) is 0 Å². The third-order valence-electron chi connectivity index (χ3n) is 1.59. The van der Waals surface area contributed by atoms with Crippen molar-refractivity contribution in [3.05, 3.63) is 0 Å². The quantitative estimate of drug-likeness (QED) is 0.397. The second-order valence-corrected chi connectivity index (χ2v) is 2.80. The van der Waals surface area contributed by atoms with Crippen molar-refractivity contribution in [2.75, 3.05) is 0 Å². The Morgan fingerprint density at radius 1 is 1.45 bits per heavy atom. The predicted octanol–water partition coefficient (Wildman–Crippen LogP) is 0.265. The average molecular weight is 160 g/mol. The van der Waals surface area contributed by atoms with Crippen LogP contribution < -0.4 is 11.5 Å². The second-order valence-electron chi connectivity index (χ2n) is 2.80. The minimum atomic E-state index is -1.53. The number of aliphatic carboxylic acids is 1. The molecule has 0 aliphatic carbocycles. The summed E-state index contributed by atoms with van der Waals surface area (Å²) >= 11 is 0. The van der Waals surface area contributed by atoms with E-state index in [0.717, 1.165) is 19.3 Å². The molecule has 0 aliphatic rings. The Balaban J connectivity index is 3.64. The molecule has 0 unspecified atom stereocenters. The summed E-state index contributed by atoms with van der Waals surface area (Å²) in [5, 5.41) is 8.49. The van der Waals surface area contributed by atoms with Crippen LogP contribution in [0.4, 0.5) is 0 Å². The number of carbonyl (C=O) groups is 1. The standard InChI is InChI=1S/C7H16N2O2/c1-2-3-4-5-7(8,9)6(10)11/h2-5,8-9H2,1H3,(H,10,11). The van der Waals surface area contributed by atoms with Gasteiger partial charge in [0.2, 0.25) is 0 Å². The molecule has 0 aliphatic heterocycles. The van der Waals surface area contributed by atoms with E-state index in [-0.39, 0.29) is 0 Å². The number of rotatable bonds is 5. The molecule has 0 atom stereocenters. The summed E-state index contributed by atoms with van der Waals surface area (Å²) in [6, 6.07) is 0. The molecule has 0 aromatic carbocycles. The van der Waals surface area contributed by atoms with Crippen molar-refractivity contribution < 1.29 is 9.90 Å². The molecule has 0 spiro atoms. The predicted molar refractivity (Wildman–Crippen MR) is 42.9 cm³/mol. The molecule has 0 fully saturated rings. The van der Waals surface area contributed by atoms with Crippen LogP contribution in [0.15, 0.2) is 0 Å². The van der Waals surface area contributed by atoms with Crippen molar-refractivity contribution >= 4 is 5.97 Å². The van der Waals surface area contributed by atoms with Gasteiger partial charge in [0.25, 0.3) is 0 Å². The van der Waals surface area contributed by atoms with E-state index in [9.17, 15) is 4.79 Å². The maximum absolute atomic E-state index is 10.4. The van der Waals surface area contributed by atoms with Crippen molar-refractivity contribution in [2.45, 2.75) is 38.3 Å². The van der Waals surface area contributed by atoms with Crippen LogP contribution in [0.3, 0.4) is 0 Å². The maximum atomic E-state index is 10.4. The lowest BCUT2D eigenvalue weighted by Crippen LogP contribution is -2.56. The minimum Gasteiger partial charge on any atom is -0.479 e. The molecule has 4 nitrogen and oxygen atoms in total. The third kappa shape index (κ3) is 3.95. The van der Waals surface area contributed by atoms with Crippen molar-refractivity contribution in [3.63, 3.8) is 0 Å². The summed E-state index contributed by atoms with van der Waals surface area (Å²) in [7, 11) is 0. The van der Waals surface area contributed by atoms with Gasteiger partial charge >= 0.3 is 5.97 Å². The highest BCUT2D eigenvalue weighted by Crippen LogP contribution is 2.06. The Bertz CT molecular complexity index is 134. The summed E-state index contributed by atoms with van der Waals surface area (Å²) in [5.74, 6) is -1.13.